The van der Waals surface area contributed by atoms with Crippen LogP contribution in [0.3, 0.4) is 0 Å². The maximum atomic E-state index is 13.4. The normalized spacial score (nSPS) is 17.0. The van der Waals surface area contributed by atoms with E-state index in [1.165, 1.54) is 12.3 Å². The van der Waals surface area contributed by atoms with Crippen molar-refractivity contribution in [3.05, 3.63) is 36.2 Å². The van der Waals surface area contributed by atoms with Crippen LogP contribution in [0, 0.1) is 5.95 Å². The number of nitrogens with two attached hydrogens (primary N) is 2. The van der Waals surface area contributed by atoms with Gasteiger partial charge >= 0.3 is 0 Å². The van der Waals surface area contributed by atoms with E-state index in [1.54, 1.807) is 16.9 Å². The minimum absolute atomic E-state index is 0.0971. The minimum Gasteiger partial charge on any atom is -0.389 e. The zero-order valence-electron chi connectivity index (χ0n) is 16.5. The number of anilines is 3. The van der Waals surface area contributed by atoms with Crippen molar-refractivity contribution in [2.75, 3.05) is 29.0 Å². The van der Waals surface area contributed by atoms with E-state index in [-0.39, 0.29) is 16.7 Å². The van der Waals surface area contributed by atoms with Gasteiger partial charge in [0.15, 0.2) is 11.5 Å². The molecule has 3 aromatic heterocycles. The number of nitrogens with one attached hydrogen (secondary N) is 1. The molecule has 0 bridgehead atoms. The second kappa shape index (κ2) is 8.36. The summed E-state index contributed by atoms with van der Waals surface area (Å²) in [5.41, 5.74) is 13.3. The Labute approximate surface area is 176 Å². The summed E-state index contributed by atoms with van der Waals surface area (Å²) >= 11 is 1.12. The van der Waals surface area contributed by atoms with Crippen molar-refractivity contribution in [2.45, 2.75) is 25.3 Å². The molecule has 0 aliphatic carbocycles. The summed E-state index contributed by atoms with van der Waals surface area (Å²) in [5.74, 6) is -0.238. The molecule has 4 heterocycles. The Kier molecular flexibility index (Phi) is 5.64. The SMILES string of the molecule is Cn1ncc(NC(=O)c2nc(-c3ccnc(F)c3)sc2N)c1N1CCC[C@H](N)CC1. The maximum Gasteiger partial charge on any atom is 0.277 e. The van der Waals surface area contributed by atoms with Gasteiger partial charge in [-0.3, -0.25) is 9.48 Å². The average Bonchev–Trinajstić information content (AvgIpc) is 3.20. The zero-order valence-corrected chi connectivity index (χ0v) is 17.3. The van der Waals surface area contributed by atoms with Gasteiger partial charge in [-0.25, -0.2) is 9.97 Å². The quantitative estimate of drug-likeness (QED) is 0.542. The van der Waals surface area contributed by atoms with E-state index in [2.05, 4.69) is 25.3 Å². The third kappa shape index (κ3) is 4.12. The lowest BCUT2D eigenvalue weighted by atomic mass is 10.1. The van der Waals surface area contributed by atoms with Crippen molar-refractivity contribution in [1.82, 2.24) is 19.7 Å². The van der Waals surface area contributed by atoms with E-state index >= 15 is 0 Å². The first-order valence-electron chi connectivity index (χ1n) is 9.64. The monoisotopic (exact) mass is 430 g/mol. The lowest BCUT2D eigenvalue weighted by Gasteiger charge is -2.24. The Morgan fingerprint density at radius 3 is 3.00 bits per heavy atom. The molecule has 0 aromatic carbocycles. The Morgan fingerprint density at radius 1 is 1.37 bits per heavy atom. The highest BCUT2D eigenvalue weighted by molar-refractivity contribution is 7.19. The van der Waals surface area contributed by atoms with Crippen molar-refractivity contribution >= 4 is 33.8 Å². The highest BCUT2D eigenvalue weighted by atomic mass is 32.1. The molecule has 1 aliphatic heterocycles. The number of carbonyl (C=O) groups excluding carboxylic acids is 1. The molecular formula is C19H23FN8OS. The van der Waals surface area contributed by atoms with Crippen LogP contribution in [0.2, 0.25) is 0 Å². The number of nitrogen functional groups attached to an aromatic ring is 1. The predicted molar refractivity (Wildman–Crippen MR) is 115 cm³/mol. The standard InChI is InChI=1S/C19H23FN8OS/c1-27-19(28-7-2-3-12(21)5-8-28)13(10-24-27)25-17(29)15-16(22)30-18(26-15)11-4-6-23-14(20)9-11/h4,6,9-10,12H,2-3,5,7-8,21-22H2,1H3,(H,25,29)/t12-/m0/s1. The van der Waals surface area contributed by atoms with Crippen LogP contribution in [-0.4, -0.2) is 44.8 Å². The van der Waals surface area contributed by atoms with E-state index < -0.39 is 11.9 Å². The summed E-state index contributed by atoms with van der Waals surface area (Å²) in [7, 11) is 1.84. The van der Waals surface area contributed by atoms with Crippen LogP contribution in [0.1, 0.15) is 29.8 Å². The molecule has 1 fully saturated rings. The fraction of sp³-hybridized carbons (Fsp3) is 0.368. The summed E-state index contributed by atoms with van der Waals surface area (Å²) in [6, 6.07) is 3.06. The Morgan fingerprint density at radius 2 is 2.20 bits per heavy atom. The summed E-state index contributed by atoms with van der Waals surface area (Å²) in [5, 5.41) is 7.89. The predicted octanol–water partition coefficient (Wildman–Crippen LogP) is 2.23. The molecule has 1 saturated heterocycles. The Balaban J connectivity index is 1.57. The number of hydrogen-bond donors (Lipinski definition) is 3. The van der Waals surface area contributed by atoms with Gasteiger partial charge in [0.25, 0.3) is 5.91 Å². The van der Waals surface area contributed by atoms with E-state index in [9.17, 15) is 9.18 Å². The van der Waals surface area contributed by atoms with E-state index in [0.717, 1.165) is 49.5 Å². The number of aromatic nitrogens is 4. The number of amides is 1. The first kappa shape index (κ1) is 20.2. The molecule has 0 radical (unpaired) electrons. The largest absolute Gasteiger partial charge is 0.389 e. The molecule has 30 heavy (non-hydrogen) atoms. The first-order valence-corrected chi connectivity index (χ1v) is 10.5. The second-order valence-electron chi connectivity index (χ2n) is 7.24. The highest BCUT2D eigenvalue weighted by Gasteiger charge is 2.24. The fourth-order valence-electron chi connectivity index (χ4n) is 3.56. The van der Waals surface area contributed by atoms with Gasteiger partial charge in [-0.15, -0.1) is 0 Å². The number of halogens is 1. The first-order chi connectivity index (χ1) is 14.4. The Bertz CT molecular complexity index is 1060. The summed E-state index contributed by atoms with van der Waals surface area (Å²) in [6.07, 6.45) is 5.79. The number of thiazole rings is 1. The smallest absolute Gasteiger partial charge is 0.277 e. The van der Waals surface area contributed by atoms with Gasteiger partial charge < -0.3 is 21.7 Å². The van der Waals surface area contributed by atoms with Crippen LogP contribution in [0.4, 0.5) is 20.9 Å². The number of hydrogen-bond acceptors (Lipinski definition) is 8. The number of pyridine rings is 1. The van der Waals surface area contributed by atoms with Gasteiger partial charge in [-0.05, 0) is 25.3 Å². The van der Waals surface area contributed by atoms with E-state index in [0.29, 0.717) is 16.3 Å². The van der Waals surface area contributed by atoms with Gasteiger partial charge in [0.2, 0.25) is 5.95 Å². The minimum atomic E-state index is -0.621. The molecule has 1 atom stereocenters. The van der Waals surface area contributed by atoms with Crippen LogP contribution >= 0.6 is 11.3 Å². The molecule has 1 amide bonds. The Hall–Kier alpha value is -3.05. The summed E-state index contributed by atoms with van der Waals surface area (Å²) < 4.78 is 15.2. The lowest BCUT2D eigenvalue weighted by molar-refractivity contribution is 0.102. The summed E-state index contributed by atoms with van der Waals surface area (Å²) in [6.45, 7) is 1.63. The van der Waals surface area contributed by atoms with Gasteiger partial charge in [0, 0.05) is 44.0 Å². The summed E-state index contributed by atoms with van der Waals surface area (Å²) in [4.78, 5) is 22.9. The van der Waals surface area contributed by atoms with Gasteiger partial charge in [-0.2, -0.15) is 9.49 Å². The van der Waals surface area contributed by atoms with Crippen LogP contribution in [0.5, 0.6) is 0 Å². The van der Waals surface area contributed by atoms with Gasteiger partial charge in [-0.1, -0.05) is 11.3 Å². The molecule has 9 nitrogen and oxygen atoms in total. The zero-order chi connectivity index (χ0) is 21.3. The average molecular weight is 431 g/mol. The number of rotatable bonds is 4. The number of aryl methyl sites for hydroxylation is 1. The van der Waals surface area contributed by atoms with Crippen molar-refractivity contribution in [3.8, 4) is 10.6 Å². The van der Waals surface area contributed by atoms with Gasteiger partial charge in [0.05, 0.1) is 6.20 Å². The van der Waals surface area contributed by atoms with E-state index in [4.69, 9.17) is 11.5 Å². The van der Waals surface area contributed by atoms with Crippen LogP contribution in [0.25, 0.3) is 10.6 Å². The lowest BCUT2D eigenvalue weighted by Crippen LogP contribution is -2.29. The highest BCUT2D eigenvalue weighted by Crippen LogP contribution is 2.32. The van der Waals surface area contributed by atoms with Crippen LogP contribution < -0.4 is 21.7 Å². The third-order valence-corrected chi connectivity index (χ3v) is 6.00. The molecule has 0 spiro atoms. The molecule has 158 valence electrons. The molecule has 5 N–H and O–H groups in total. The van der Waals surface area contributed by atoms with Crippen LogP contribution in [-0.2, 0) is 7.05 Å². The number of carbonyl (C=O) groups is 1. The fourth-order valence-corrected chi connectivity index (χ4v) is 4.39. The molecular weight excluding hydrogens is 407 g/mol. The van der Waals surface area contributed by atoms with Crippen molar-refractivity contribution in [3.63, 3.8) is 0 Å². The topological polar surface area (TPSA) is 128 Å². The number of nitrogens with zero attached hydrogens (tertiary/aromatic N) is 5. The van der Waals surface area contributed by atoms with Crippen LogP contribution in [0.15, 0.2) is 24.5 Å². The molecule has 0 saturated carbocycles. The van der Waals surface area contributed by atoms with E-state index in [1.807, 2.05) is 7.05 Å². The van der Waals surface area contributed by atoms with Crippen molar-refractivity contribution < 1.29 is 9.18 Å². The molecule has 3 aromatic rings. The van der Waals surface area contributed by atoms with Crippen molar-refractivity contribution in [1.29, 1.82) is 0 Å². The van der Waals surface area contributed by atoms with Crippen molar-refractivity contribution in [2.24, 2.45) is 12.8 Å². The molecule has 4 rings (SSSR count). The molecule has 11 heteroatoms. The van der Waals surface area contributed by atoms with Gasteiger partial charge in [0.1, 0.15) is 15.7 Å². The third-order valence-electron chi connectivity index (χ3n) is 5.07. The maximum absolute atomic E-state index is 13.4. The second-order valence-corrected chi connectivity index (χ2v) is 8.27. The molecule has 0 unspecified atom stereocenters. The molecule has 1 aliphatic rings.